The molecule has 0 atom stereocenters. The fourth-order valence-electron chi connectivity index (χ4n) is 1.37. The van der Waals surface area contributed by atoms with Gasteiger partial charge in [0.1, 0.15) is 6.21 Å². The van der Waals surface area contributed by atoms with Crippen molar-refractivity contribution in [2.45, 2.75) is 32.1 Å². The first kappa shape index (κ1) is 18.2. The molecular formula is C11H23IN2O2. The standard InChI is InChI=1S/C11H22N2O2.HI/c1-13(2,3)9-7-5-4-6-8-11(14)10-12-15;/h10H,4-9H2,1-3H3;1H. The van der Waals surface area contributed by atoms with E-state index in [2.05, 4.69) is 26.3 Å². The second kappa shape index (κ2) is 10.0. The molecule has 0 radical (unpaired) electrons. The van der Waals surface area contributed by atoms with Crippen LogP contribution in [0.5, 0.6) is 0 Å². The third-order valence-corrected chi connectivity index (χ3v) is 2.20. The Morgan fingerprint density at radius 3 is 2.25 bits per heavy atom. The first-order valence-corrected chi connectivity index (χ1v) is 5.46. The number of quaternary nitrogens is 1. The van der Waals surface area contributed by atoms with E-state index in [1.54, 1.807) is 0 Å². The number of halogens is 1. The molecule has 4 nitrogen and oxygen atoms in total. The average Bonchev–Trinajstić information content (AvgIpc) is 2.09. The Morgan fingerprint density at radius 2 is 1.75 bits per heavy atom. The molecule has 0 saturated heterocycles. The number of oxime groups is 1. The summed E-state index contributed by atoms with van der Waals surface area (Å²) in [5.74, 6) is -0.0934. The van der Waals surface area contributed by atoms with E-state index >= 15 is 0 Å². The van der Waals surface area contributed by atoms with Crippen LogP contribution >= 0.6 is 0 Å². The van der Waals surface area contributed by atoms with Crippen LogP contribution in [0, 0.1) is 0 Å². The number of hydrogen-bond acceptors (Lipinski definition) is 3. The van der Waals surface area contributed by atoms with E-state index in [0.717, 1.165) is 23.5 Å². The van der Waals surface area contributed by atoms with Crippen molar-refractivity contribution < 1.29 is 38.5 Å². The van der Waals surface area contributed by atoms with E-state index in [1.807, 2.05) is 0 Å². The van der Waals surface area contributed by atoms with Gasteiger partial charge in [0.15, 0.2) is 5.78 Å². The van der Waals surface area contributed by atoms with E-state index in [1.165, 1.54) is 19.4 Å². The van der Waals surface area contributed by atoms with Gasteiger partial charge in [-0.25, -0.2) is 0 Å². The molecule has 96 valence electrons. The molecule has 5 heteroatoms. The maximum atomic E-state index is 10.9. The average molecular weight is 342 g/mol. The fourth-order valence-corrected chi connectivity index (χ4v) is 1.37. The van der Waals surface area contributed by atoms with Gasteiger partial charge in [0.05, 0.1) is 27.7 Å². The maximum absolute atomic E-state index is 10.9. The van der Waals surface area contributed by atoms with Crippen LogP contribution in [0.4, 0.5) is 0 Å². The van der Waals surface area contributed by atoms with E-state index < -0.39 is 0 Å². The maximum Gasteiger partial charge on any atom is 0.177 e. The monoisotopic (exact) mass is 342 g/mol. The zero-order valence-electron chi connectivity index (χ0n) is 10.4. The number of carbonyl (C=O) groups excluding carboxylic acids is 1. The lowest BCUT2D eigenvalue weighted by Crippen LogP contribution is -3.00. The molecule has 0 fully saturated rings. The van der Waals surface area contributed by atoms with Gasteiger partial charge in [0, 0.05) is 6.42 Å². The summed E-state index contributed by atoms with van der Waals surface area (Å²) in [5.41, 5.74) is 0. The zero-order chi connectivity index (χ0) is 11.7. The van der Waals surface area contributed by atoms with Gasteiger partial charge in [0.2, 0.25) is 0 Å². The van der Waals surface area contributed by atoms with Crippen LogP contribution in [0.25, 0.3) is 0 Å². The molecule has 0 rings (SSSR count). The minimum Gasteiger partial charge on any atom is -1.00 e. The molecule has 0 aromatic heterocycles. The van der Waals surface area contributed by atoms with Crippen molar-refractivity contribution >= 4 is 12.0 Å². The Bertz CT molecular complexity index is 213. The number of ketones is 1. The highest BCUT2D eigenvalue weighted by Crippen LogP contribution is 2.05. The molecule has 0 aliphatic carbocycles. The van der Waals surface area contributed by atoms with E-state index in [4.69, 9.17) is 5.21 Å². The summed E-state index contributed by atoms with van der Waals surface area (Å²) in [4.78, 5) is 10.9. The fraction of sp³-hybridized carbons (Fsp3) is 0.818. The molecule has 0 amide bonds. The number of Topliss-reactive ketones (excluding diaryl/α,β-unsaturated/α-hetero) is 1. The first-order valence-electron chi connectivity index (χ1n) is 5.46. The number of hydrogen-bond donors (Lipinski definition) is 1. The van der Waals surface area contributed by atoms with Gasteiger partial charge in [0.25, 0.3) is 0 Å². The number of carbonyl (C=O) groups is 1. The minimum atomic E-state index is -0.0934. The van der Waals surface area contributed by atoms with Crippen molar-refractivity contribution in [3.63, 3.8) is 0 Å². The van der Waals surface area contributed by atoms with Gasteiger partial charge in [-0.15, -0.1) is 0 Å². The summed E-state index contributed by atoms with van der Waals surface area (Å²) in [5, 5.41) is 10.8. The molecular weight excluding hydrogens is 319 g/mol. The summed E-state index contributed by atoms with van der Waals surface area (Å²) >= 11 is 0. The van der Waals surface area contributed by atoms with Crippen molar-refractivity contribution in [1.29, 1.82) is 0 Å². The quantitative estimate of drug-likeness (QED) is 0.149. The van der Waals surface area contributed by atoms with Crippen molar-refractivity contribution in [2.24, 2.45) is 5.16 Å². The summed E-state index contributed by atoms with van der Waals surface area (Å²) in [7, 11) is 6.55. The predicted octanol–water partition coefficient (Wildman–Crippen LogP) is -1.32. The Balaban J connectivity index is 0. The summed E-state index contributed by atoms with van der Waals surface area (Å²) < 4.78 is 0.996. The predicted molar refractivity (Wildman–Crippen MR) is 61.3 cm³/mol. The highest BCUT2D eigenvalue weighted by molar-refractivity contribution is 6.27. The Morgan fingerprint density at radius 1 is 1.19 bits per heavy atom. The molecule has 0 unspecified atom stereocenters. The highest BCUT2D eigenvalue weighted by atomic mass is 127. The summed E-state index contributed by atoms with van der Waals surface area (Å²) in [6.07, 6.45) is 5.80. The van der Waals surface area contributed by atoms with Gasteiger partial charge in [-0.2, -0.15) is 0 Å². The van der Waals surface area contributed by atoms with Crippen molar-refractivity contribution in [2.75, 3.05) is 27.7 Å². The molecule has 1 N–H and O–H groups in total. The minimum absolute atomic E-state index is 0. The van der Waals surface area contributed by atoms with Crippen LogP contribution in [0.1, 0.15) is 32.1 Å². The van der Waals surface area contributed by atoms with E-state index in [9.17, 15) is 4.79 Å². The molecule has 0 aliphatic heterocycles. The van der Waals surface area contributed by atoms with Crippen LogP contribution in [0.2, 0.25) is 0 Å². The topological polar surface area (TPSA) is 49.7 Å². The Kier molecular flexibility index (Phi) is 11.4. The van der Waals surface area contributed by atoms with Crippen LogP contribution in [-0.4, -0.2) is 49.4 Å². The van der Waals surface area contributed by atoms with Gasteiger partial charge in [-0.3, -0.25) is 4.79 Å². The lowest BCUT2D eigenvalue weighted by molar-refractivity contribution is -0.870. The van der Waals surface area contributed by atoms with Gasteiger partial charge in [-0.05, 0) is 19.3 Å². The SMILES string of the molecule is C[N+](C)(C)CCCCCCC(=O)/C=N/O.[I-]. The number of nitrogens with zero attached hydrogens (tertiary/aromatic N) is 2. The van der Waals surface area contributed by atoms with Crippen molar-refractivity contribution in [1.82, 2.24) is 0 Å². The molecule has 0 spiro atoms. The van der Waals surface area contributed by atoms with E-state index in [0.29, 0.717) is 6.42 Å². The zero-order valence-corrected chi connectivity index (χ0v) is 12.6. The first-order chi connectivity index (χ1) is 6.95. The number of unbranched alkanes of at least 4 members (excludes halogenated alkanes) is 3. The molecule has 16 heavy (non-hydrogen) atoms. The molecule has 0 aromatic carbocycles. The largest absolute Gasteiger partial charge is 1.00 e. The highest BCUT2D eigenvalue weighted by Gasteiger charge is 2.05. The molecule has 0 saturated carbocycles. The second-order valence-corrected chi connectivity index (χ2v) is 4.89. The molecule has 0 bridgehead atoms. The van der Waals surface area contributed by atoms with Crippen LogP contribution in [0.3, 0.4) is 0 Å². The third kappa shape index (κ3) is 13.8. The van der Waals surface area contributed by atoms with Crippen molar-refractivity contribution in [3.05, 3.63) is 0 Å². The van der Waals surface area contributed by atoms with Gasteiger partial charge < -0.3 is 33.7 Å². The smallest absolute Gasteiger partial charge is 0.177 e. The summed E-state index contributed by atoms with van der Waals surface area (Å²) in [6, 6.07) is 0. The number of rotatable bonds is 8. The van der Waals surface area contributed by atoms with Gasteiger partial charge in [-0.1, -0.05) is 11.6 Å². The molecule has 0 heterocycles. The Labute approximate surface area is 115 Å². The lowest BCUT2D eigenvalue weighted by Gasteiger charge is -2.23. The lowest BCUT2D eigenvalue weighted by atomic mass is 10.1. The summed E-state index contributed by atoms with van der Waals surface area (Å²) in [6.45, 7) is 1.17. The van der Waals surface area contributed by atoms with Crippen molar-refractivity contribution in [3.8, 4) is 0 Å². The Hall–Kier alpha value is -0.170. The normalized spacial score (nSPS) is 11.4. The molecule has 0 aliphatic rings. The van der Waals surface area contributed by atoms with Crippen LogP contribution in [-0.2, 0) is 4.79 Å². The van der Waals surface area contributed by atoms with E-state index in [-0.39, 0.29) is 29.8 Å². The van der Waals surface area contributed by atoms with Crippen LogP contribution in [0.15, 0.2) is 5.16 Å². The van der Waals surface area contributed by atoms with Gasteiger partial charge >= 0.3 is 0 Å². The van der Waals surface area contributed by atoms with Crippen LogP contribution < -0.4 is 24.0 Å². The third-order valence-electron chi connectivity index (χ3n) is 2.20. The molecule has 0 aromatic rings. The second-order valence-electron chi connectivity index (χ2n) is 4.89.